The topological polar surface area (TPSA) is 59.6 Å². The minimum atomic E-state index is -0.213. The van der Waals surface area contributed by atoms with Gasteiger partial charge in [0, 0.05) is 12.2 Å². The molecule has 6 heteroatoms. The number of hydrogen-bond donors (Lipinski definition) is 2. The van der Waals surface area contributed by atoms with Crippen LogP contribution < -0.4 is 15.8 Å². The van der Waals surface area contributed by atoms with Crippen molar-refractivity contribution < 1.29 is 9.13 Å². The molecular formula is C18H23FIN3O. The van der Waals surface area contributed by atoms with Crippen LogP contribution in [0.5, 0.6) is 5.75 Å². The molecule has 130 valence electrons. The molecule has 0 heterocycles. The van der Waals surface area contributed by atoms with Crippen LogP contribution in [-0.2, 0) is 6.42 Å². The van der Waals surface area contributed by atoms with E-state index in [1.165, 1.54) is 6.07 Å². The number of ether oxygens (including phenoxy) is 1. The molecule has 0 fully saturated rings. The summed E-state index contributed by atoms with van der Waals surface area (Å²) in [4.78, 5) is 4.21. The van der Waals surface area contributed by atoms with E-state index in [0.29, 0.717) is 24.5 Å². The third-order valence-corrected chi connectivity index (χ3v) is 3.12. The predicted octanol–water partition coefficient (Wildman–Crippen LogP) is 4.20. The second kappa shape index (κ2) is 10.1. The number of hydrogen-bond acceptors (Lipinski definition) is 2. The molecular weight excluding hydrogens is 420 g/mol. The quantitative estimate of drug-likeness (QED) is 0.400. The lowest BCUT2D eigenvalue weighted by Gasteiger charge is -2.11. The number of aliphatic imine (C=N–C) groups is 1. The number of rotatable bonds is 6. The van der Waals surface area contributed by atoms with Crippen molar-refractivity contribution in [2.24, 2.45) is 10.7 Å². The average Bonchev–Trinajstić information content (AvgIpc) is 2.51. The molecule has 24 heavy (non-hydrogen) atoms. The van der Waals surface area contributed by atoms with Gasteiger partial charge in [0.15, 0.2) is 5.96 Å². The Morgan fingerprint density at radius 1 is 1.17 bits per heavy atom. The fourth-order valence-electron chi connectivity index (χ4n) is 2.07. The number of anilines is 1. The predicted molar refractivity (Wildman–Crippen MR) is 108 cm³/mol. The summed E-state index contributed by atoms with van der Waals surface area (Å²) in [6.07, 6.45) is 0.648. The maximum absolute atomic E-state index is 13.5. The van der Waals surface area contributed by atoms with Crippen molar-refractivity contribution in [2.75, 3.05) is 11.9 Å². The SMILES string of the molecule is CC(C)Oc1ccc(NC(N)=NCCc2ccccc2F)cc1.I. The van der Waals surface area contributed by atoms with E-state index in [9.17, 15) is 4.39 Å². The van der Waals surface area contributed by atoms with Crippen LogP contribution in [0.25, 0.3) is 0 Å². The van der Waals surface area contributed by atoms with Gasteiger partial charge in [0.1, 0.15) is 11.6 Å². The van der Waals surface area contributed by atoms with Crippen LogP contribution in [0.2, 0.25) is 0 Å². The molecule has 0 aliphatic rings. The molecule has 0 atom stereocenters. The highest BCUT2D eigenvalue weighted by Gasteiger charge is 2.01. The molecule has 0 aromatic heterocycles. The van der Waals surface area contributed by atoms with Crippen LogP contribution in [0, 0.1) is 5.82 Å². The van der Waals surface area contributed by atoms with E-state index in [1.54, 1.807) is 12.1 Å². The standard InChI is InChI=1S/C18H22FN3O.HI/c1-13(2)23-16-9-7-15(8-10-16)22-18(20)21-12-11-14-5-3-4-6-17(14)19;/h3-10,13H,11-12H2,1-2H3,(H3,20,21,22);1H. The number of nitrogens with zero attached hydrogens (tertiary/aromatic N) is 1. The first-order valence-electron chi connectivity index (χ1n) is 7.61. The molecule has 0 saturated carbocycles. The zero-order chi connectivity index (χ0) is 16.7. The minimum absolute atomic E-state index is 0. The van der Waals surface area contributed by atoms with Crippen LogP contribution in [-0.4, -0.2) is 18.6 Å². The summed E-state index contributed by atoms with van der Waals surface area (Å²) >= 11 is 0. The number of benzene rings is 2. The molecule has 0 unspecified atom stereocenters. The van der Waals surface area contributed by atoms with Crippen molar-refractivity contribution in [3.8, 4) is 5.75 Å². The Hall–Kier alpha value is -1.83. The van der Waals surface area contributed by atoms with Crippen LogP contribution in [0.4, 0.5) is 10.1 Å². The van der Waals surface area contributed by atoms with Gasteiger partial charge in [0.2, 0.25) is 0 Å². The van der Waals surface area contributed by atoms with Crippen molar-refractivity contribution in [3.05, 3.63) is 59.9 Å². The second-order valence-corrected chi connectivity index (χ2v) is 5.42. The van der Waals surface area contributed by atoms with Gasteiger partial charge in [-0.3, -0.25) is 4.99 Å². The minimum Gasteiger partial charge on any atom is -0.491 e. The monoisotopic (exact) mass is 443 g/mol. The third-order valence-electron chi connectivity index (χ3n) is 3.12. The zero-order valence-corrected chi connectivity index (χ0v) is 16.2. The maximum Gasteiger partial charge on any atom is 0.193 e. The van der Waals surface area contributed by atoms with E-state index in [1.807, 2.05) is 44.2 Å². The summed E-state index contributed by atoms with van der Waals surface area (Å²) < 4.78 is 19.1. The van der Waals surface area contributed by atoms with Crippen LogP contribution >= 0.6 is 24.0 Å². The van der Waals surface area contributed by atoms with Crippen molar-refractivity contribution >= 4 is 35.6 Å². The Kier molecular flexibility index (Phi) is 8.53. The van der Waals surface area contributed by atoms with Crippen LogP contribution in [0.15, 0.2) is 53.5 Å². The maximum atomic E-state index is 13.5. The van der Waals surface area contributed by atoms with E-state index in [2.05, 4.69) is 10.3 Å². The molecule has 4 nitrogen and oxygen atoms in total. The highest BCUT2D eigenvalue weighted by molar-refractivity contribution is 14.0. The van der Waals surface area contributed by atoms with E-state index < -0.39 is 0 Å². The largest absolute Gasteiger partial charge is 0.491 e. The molecule has 0 bridgehead atoms. The fourth-order valence-corrected chi connectivity index (χ4v) is 2.07. The van der Waals surface area contributed by atoms with Crippen molar-refractivity contribution in [2.45, 2.75) is 26.4 Å². The third kappa shape index (κ3) is 6.74. The lowest BCUT2D eigenvalue weighted by Crippen LogP contribution is -2.23. The molecule has 2 aromatic carbocycles. The smallest absolute Gasteiger partial charge is 0.193 e. The van der Waals surface area contributed by atoms with E-state index in [-0.39, 0.29) is 35.9 Å². The average molecular weight is 443 g/mol. The Morgan fingerprint density at radius 2 is 1.83 bits per heavy atom. The van der Waals surface area contributed by atoms with Gasteiger partial charge >= 0.3 is 0 Å². The summed E-state index contributed by atoms with van der Waals surface area (Å²) in [5.74, 6) is 0.898. The van der Waals surface area contributed by atoms with Crippen LogP contribution in [0.3, 0.4) is 0 Å². The summed E-state index contributed by atoms with van der Waals surface area (Å²) in [7, 11) is 0. The molecule has 0 aliphatic carbocycles. The van der Waals surface area contributed by atoms with Crippen molar-refractivity contribution in [3.63, 3.8) is 0 Å². The Balaban J connectivity index is 0.00000288. The van der Waals surface area contributed by atoms with E-state index >= 15 is 0 Å². The molecule has 0 spiro atoms. The van der Waals surface area contributed by atoms with E-state index in [4.69, 9.17) is 10.5 Å². The second-order valence-electron chi connectivity index (χ2n) is 5.42. The first kappa shape index (κ1) is 20.2. The Bertz CT molecular complexity index is 660. The van der Waals surface area contributed by atoms with Gasteiger partial charge in [-0.1, -0.05) is 18.2 Å². The number of halogens is 2. The first-order valence-corrected chi connectivity index (χ1v) is 7.61. The molecule has 0 saturated heterocycles. The van der Waals surface area contributed by atoms with Gasteiger partial charge in [-0.05, 0) is 56.2 Å². The van der Waals surface area contributed by atoms with Gasteiger partial charge in [-0.15, -0.1) is 24.0 Å². The van der Waals surface area contributed by atoms with Gasteiger partial charge in [-0.25, -0.2) is 4.39 Å². The van der Waals surface area contributed by atoms with E-state index in [0.717, 1.165) is 11.4 Å². The number of nitrogens with two attached hydrogens (primary N) is 1. The van der Waals surface area contributed by atoms with Gasteiger partial charge in [0.25, 0.3) is 0 Å². The molecule has 2 aromatic rings. The Labute approximate surface area is 159 Å². The molecule has 0 aliphatic heterocycles. The van der Waals surface area contributed by atoms with Gasteiger partial charge in [0.05, 0.1) is 6.10 Å². The van der Waals surface area contributed by atoms with Crippen LogP contribution in [0.1, 0.15) is 19.4 Å². The highest BCUT2D eigenvalue weighted by Crippen LogP contribution is 2.16. The molecule has 0 amide bonds. The zero-order valence-electron chi connectivity index (χ0n) is 13.8. The molecule has 3 N–H and O–H groups in total. The van der Waals surface area contributed by atoms with Crippen molar-refractivity contribution in [1.82, 2.24) is 0 Å². The summed E-state index contributed by atoms with van der Waals surface area (Å²) in [5.41, 5.74) is 7.31. The molecule has 0 radical (unpaired) electrons. The number of guanidine groups is 1. The van der Waals surface area contributed by atoms with Gasteiger partial charge in [-0.2, -0.15) is 0 Å². The van der Waals surface area contributed by atoms with Crippen molar-refractivity contribution in [1.29, 1.82) is 0 Å². The lowest BCUT2D eigenvalue weighted by molar-refractivity contribution is 0.242. The first-order chi connectivity index (χ1) is 11.0. The normalized spacial score (nSPS) is 11.1. The Morgan fingerprint density at radius 3 is 2.46 bits per heavy atom. The fraction of sp³-hybridized carbons (Fsp3) is 0.278. The summed E-state index contributed by atoms with van der Waals surface area (Å²) in [5, 5.41) is 3.00. The number of nitrogens with one attached hydrogen (secondary N) is 1. The molecule has 2 rings (SSSR count). The summed E-state index contributed by atoms with van der Waals surface area (Å²) in [6, 6.07) is 14.2. The highest BCUT2D eigenvalue weighted by atomic mass is 127. The summed E-state index contributed by atoms with van der Waals surface area (Å²) in [6.45, 7) is 4.38. The lowest BCUT2D eigenvalue weighted by atomic mass is 10.1. The van der Waals surface area contributed by atoms with Gasteiger partial charge < -0.3 is 15.8 Å².